The summed E-state index contributed by atoms with van der Waals surface area (Å²) in [7, 11) is 0. The molecule has 7 nitrogen and oxygen atoms in total. The quantitative estimate of drug-likeness (QED) is 0.741. The van der Waals surface area contributed by atoms with Crippen LogP contribution in [0.25, 0.3) is 11.5 Å². The number of likely N-dealkylation sites (tertiary alicyclic amines) is 1. The molecule has 3 aromatic rings. The summed E-state index contributed by atoms with van der Waals surface area (Å²) >= 11 is 0. The second-order valence-corrected chi connectivity index (χ2v) is 6.53. The Hall–Kier alpha value is -3.42. The monoisotopic (exact) mass is 382 g/mol. The number of carbonyl (C=O) groups excluding carboxylic acids is 1. The number of rotatable bonds is 4. The normalized spacial score (nSPS) is 16.2. The fourth-order valence-corrected chi connectivity index (χ4v) is 3.10. The molecule has 0 spiro atoms. The Morgan fingerprint density at radius 3 is 2.82 bits per heavy atom. The number of amides is 2. The summed E-state index contributed by atoms with van der Waals surface area (Å²) in [5, 5.41) is 6.41. The lowest BCUT2D eigenvalue weighted by Gasteiger charge is -2.18. The fourth-order valence-electron chi connectivity index (χ4n) is 3.10. The highest BCUT2D eigenvalue weighted by atomic mass is 19.1. The van der Waals surface area contributed by atoms with Crippen molar-refractivity contribution < 1.29 is 18.4 Å². The molecule has 1 saturated heterocycles. The van der Waals surface area contributed by atoms with E-state index >= 15 is 0 Å². The summed E-state index contributed by atoms with van der Waals surface area (Å²) in [6, 6.07) is 13.1. The van der Waals surface area contributed by atoms with E-state index in [4.69, 9.17) is 9.26 Å². The van der Waals surface area contributed by atoms with Crippen LogP contribution in [0.2, 0.25) is 0 Å². The first-order valence-corrected chi connectivity index (χ1v) is 8.97. The van der Waals surface area contributed by atoms with Gasteiger partial charge in [-0.15, -0.1) is 0 Å². The SMILES string of the molecule is Cc1noc(-c2ccccc2OC2CCN(C(=O)Nc3ccccc3F)C2)n1. The number of aryl methyl sites for hydroxylation is 1. The molecule has 144 valence electrons. The van der Waals surface area contributed by atoms with Crippen molar-refractivity contribution in [3.63, 3.8) is 0 Å². The van der Waals surface area contributed by atoms with E-state index in [0.29, 0.717) is 42.5 Å². The molecule has 1 aromatic heterocycles. The van der Waals surface area contributed by atoms with Crippen LogP contribution in [0.4, 0.5) is 14.9 Å². The molecular weight excluding hydrogens is 363 g/mol. The van der Waals surface area contributed by atoms with Crippen molar-refractivity contribution in [2.24, 2.45) is 0 Å². The lowest BCUT2D eigenvalue weighted by atomic mass is 10.2. The van der Waals surface area contributed by atoms with Crippen molar-refractivity contribution in [2.75, 3.05) is 18.4 Å². The van der Waals surface area contributed by atoms with Gasteiger partial charge in [-0.1, -0.05) is 29.4 Å². The van der Waals surface area contributed by atoms with Gasteiger partial charge < -0.3 is 19.5 Å². The number of urea groups is 1. The zero-order valence-electron chi connectivity index (χ0n) is 15.3. The highest BCUT2D eigenvalue weighted by Gasteiger charge is 2.29. The molecule has 0 bridgehead atoms. The van der Waals surface area contributed by atoms with Crippen LogP contribution in [0.5, 0.6) is 5.75 Å². The van der Waals surface area contributed by atoms with Gasteiger partial charge in [0.15, 0.2) is 5.82 Å². The molecule has 2 amide bonds. The standard InChI is InChI=1S/C20H19FN4O3/c1-13-22-19(28-24-13)15-6-2-5-9-18(15)27-14-10-11-25(12-14)20(26)23-17-8-4-3-7-16(17)21/h2-9,14H,10-12H2,1H3,(H,23,26). The number of carbonyl (C=O) groups is 1. The third-order valence-corrected chi connectivity index (χ3v) is 4.49. The maximum Gasteiger partial charge on any atom is 0.322 e. The lowest BCUT2D eigenvalue weighted by molar-refractivity contribution is 0.195. The summed E-state index contributed by atoms with van der Waals surface area (Å²) in [5.41, 5.74) is 0.867. The molecule has 0 radical (unpaired) electrons. The minimum atomic E-state index is -0.466. The van der Waals surface area contributed by atoms with Crippen molar-refractivity contribution in [1.29, 1.82) is 0 Å². The van der Waals surface area contributed by atoms with Gasteiger partial charge in [0, 0.05) is 13.0 Å². The average Bonchev–Trinajstić information content (AvgIpc) is 3.33. The third kappa shape index (κ3) is 3.80. The smallest absolute Gasteiger partial charge is 0.322 e. The first kappa shape index (κ1) is 18.0. The van der Waals surface area contributed by atoms with Gasteiger partial charge in [-0.3, -0.25) is 0 Å². The summed E-state index contributed by atoms with van der Waals surface area (Å²) < 4.78 is 25.1. The Morgan fingerprint density at radius 1 is 1.25 bits per heavy atom. The van der Waals surface area contributed by atoms with Crippen LogP contribution in [0.15, 0.2) is 53.1 Å². The van der Waals surface area contributed by atoms with Crippen molar-refractivity contribution in [1.82, 2.24) is 15.0 Å². The number of aromatic nitrogens is 2. The van der Waals surface area contributed by atoms with Gasteiger partial charge in [0.25, 0.3) is 5.89 Å². The molecule has 1 fully saturated rings. The molecule has 1 atom stereocenters. The minimum absolute atomic E-state index is 0.161. The average molecular weight is 382 g/mol. The summed E-state index contributed by atoms with van der Waals surface area (Å²) in [6.07, 6.45) is 0.485. The van der Waals surface area contributed by atoms with E-state index in [0.717, 1.165) is 0 Å². The number of anilines is 1. The highest BCUT2D eigenvalue weighted by Crippen LogP contribution is 2.30. The molecule has 1 N–H and O–H groups in total. The topological polar surface area (TPSA) is 80.5 Å². The first-order chi connectivity index (χ1) is 13.6. The Bertz CT molecular complexity index is 991. The maximum absolute atomic E-state index is 13.7. The van der Waals surface area contributed by atoms with Gasteiger partial charge in [0.1, 0.15) is 17.7 Å². The molecule has 4 rings (SSSR count). The van der Waals surface area contributed by atoms with E-state index in [-0.39, 0.29) is 17.8 Å². The van der Waals surface area contributed by atoms with Gasteiger partial charge in [-0.25, -0.2) is 9.18 Å². The second-order valence-electron chi connectivity index (χ2n) is 6.53. The zero-order valence-corrected chi connectivity index (χ0v) is 15.3. The maximum atomic E-state index is 13.7. The zero-order chi connectivity index (χ0) is 19.5. The lowest BCUT2D eigenvalue weighted by Crippen LogP contribution is -2.34. The van der Waals surface area contributed by atoms with Crippen molar-refractivity contribution in [3.8, 4) is 17.2 Å². The number of nitrogens with one attached hydrogen (secondary N) is 1. The van der Waals surface area contributed by atoms with Crippen LogP contribution in [0, 0.1) is 12.7 Å². The van der Waals surface area contributed by atoms with E-state index in [2.05, 4.69) is 15.5 Å². The van der Waals surface area contributed by atoms with Gasteiger partial charge in [-0.2, -0.15) is 4.98 Å². The number of ether oxygens (including phenoxy) is 1. The molecule has 8 heteroatoms. The molecular formula is C20H19FN4O3. The third-order valence-electron chi connectivity index (χ3n) is 4.49. The minimum Gasteiger partial charge on any atom is -0.488 e. The van der Waals surface area contributed by atoms with Crippen LogP contribution < -0.4 is 10.1 Å². The van der Waals surface area contributed by atoms with Crippen LogP contribution in [-0.4, -0.2) is 40.3 Å². The van der Waals surface area contributed by atoms with Crippen LogP contribution in [0.3, 0.4) is 0 Å². The molecule has 2 aromatic carbocycles. The number of benzene rings is 2. The number of hydrogen-bond acceptors (Lipinski definition) is 5. The fraction of sp³-hybridized carbons (Fsp3) is 0.250. The number of halogens is 1. The number of hydrogen-bond donors (Lipinski definition) is 1. The van der Waals surface area contributed by atoms with E-state index in [1.165, 1.54) is 12.1 Å². The Morgan fingerprint density at radius 2 is 2.04 bits per heavy atom. The molecule has 0 aliphatic carbocycles. The summed E-state index contributed by atoms with van der Waals surface area (Å²) in [5.74, 6) is 1.08. The largest absolute Gasteiger partial charge is 0.488 e. The van der Waals surface area contributed by atoms with Crippen LogP contribution >= 0.6 is 0 Å². The Balaban J connectivity index is 1.42. The van der Waals surface area contributed by atoms with E-state index in [9.17, 15) is 9.18 Å². The molecule has 1 unspecified atom stereocenters. The van der Waals surface area contributed by atoms with Gasteiger partial charge >= 0.3 is 6.03 Å². The predicted molar refractivity (Wildman–Crippen MR) is 100 cm³/mol. The number of para-hydroxylation sites is 2. The van der Waals surface area contributed by atoms with E-state index in [1.54, 1.807) is 24.0 Å². The Labute approximate surface area is 161 Å². The van der Waals surface area contributed by atoms with E-state index in [1.807, 2.05) is 24.3 Å². The molecule has 1 aliphatic heterocycles. The molecule has 28 heavy (non-hydrogen) atoms. The van der Waals surface area contributed by atoms with Crippen molar-refractivity contribution >= 4 is 11.7 Å². The summed E-state index contributed by atoms with van der Waals surface area (Å²) in [6.45, 7) is 2.67. The van der Waals surface area contributed by atoms with Crippen molar-refractivity contribution in [3.05, 3.63) is 60.2 Å². The highest BCUT2D eigenvalue weighted by molar-refractivity contribution is 5.89. The number of nitrogens with zero attached hydrogens (tertiary/aromatic N) is 3. The van der Waals surface area contributed by atoms with Gasteiger partial charge in [-0.05, 0) is 31.2 Å². The van der Waals surface area contributed by atoms with E-state index < -0.39 is 5.82 Å². The van der Waals surface area contributed by atoms with Crippen molar-refractivity contribution in [2.45, 2.75) is 19.4 Å². The summed E-state index contributed by atoms with van der Waals surface area (Å²) in [4.78, 5) is 18.3. The van der Waals surface area contributed by atoms with Crippen LogP contribution in [0.1, 0.15) is 12.2 Å². The van der Waals surface area contributed by atoms with Gasteiger partial charge in [0.2, 0.25) is 0 Å². The van der Waals surface area contributed by atoms with Crippen LogP contribution in [-0.2, 0) is 0 Å². The predicted octanol–water partition coefficient (Wildman–Crippen LogP) is 3.87. The second kappa shape index (κ2) is 7.67. The van der Waals surface area contributed by atoms with Gasteiger partial charge in [0.05, 0.1) is 17.8 Å². The Kier molecular flexibility index (Phi) is 4.92. The first-order valence-electron chi connectivity index (χ1n) is 8.97. The molecule has 0 saturated carbocycles. The molecule has 2 heterocycles. The molecule has 1 aliphatic rings.